The van der Waals surface area contributed by atoms with Crippen LogP contribution in [-0.4, -0.2) is 74.8 Å². The third-order valence-corrected chi connectivity index (χ3v) is 5.00. The van der Waals surface area contributed by atoms with Gasteiger partial charge >= 0.3 is 0 Å². The van der Waals surface area contributed by atoms with Gasteiger partial charge in [0.1, 0.15) is 0 Å². The molecular weight excluding hydrogens is 338 g/mol. The first-order valence-electron chi connectivity index (χ1n) is 10.2. The Balaban J connectivity index is 1.91. The fourth-order valence-corrected chi connectivity index (χ4v) is 2.98. The quantitative estimate of drug-likeness (QED) is 0.510. The number of rotatable bonds is 9. The van der Waals surface area contributed by atoms with Crippen LogP contribution in [0.15, 0.2) is 29.3 Å². The summed E-state index contributed by atoms with van der Waals surface area (Å²) in [5.74, 6) is 0.887. The molecule has 0 radical (unpaired) electrons. The van der Waals surface area contributed by atoms with Crippen LogP contribution in [0.2, 0.25) is 0 Å². The van der Waals surface area contributed by atoms with Gasteiger partial charge in [-0.2, -0.15) is 0 Å². The highest BCUT2D eigenvalue weighted by atomic mass is 16.5. The molecule has 6 heteroatoms. The first-order chi connectivity index (χ1) is 13.1. The summed E-state index contributed by atoms with van der Waals surface area (Å²) in [6.45, 7) is 14.7. The Morgan fingerprint density at radius 2 is 1.89 bits per heavy atom. The Kier molecular flexibility index (Phi) is 9.59. The number of benzene rings is 1. The summed E-state index contributed by atoms with van der Waals surface area (Å²) in [4.78, 5) is 9.60. The fourth-order valence-electron chi connectivity index (χ4n) is 2.98. The maximum Gasteiger partial charge on any atom is 0.191 e. The lowest BCUT2D eigenvalue weighted by Crippen LogP contribution is -2.44. The number of hydrogen-bond donors (Lipinski definition) is 2. The van der Waals surface area contributed by atoms with Crippen LogP contribution in [-0.2, 0) is 17.8 Å². The molecule has 0 bridgehead atoms. The van der Waals surface area contributed by atoms with Crippen LogP contribution in [0.3, 0.4) is 0 Å². The molecule has 2 rings (SSSR count). The topological polar surface area (TPSA) is 52.1 Å². The van der Waals surface area contributed by atoms with Crippen molar-refractivity contribution in [1.82, 2.24) is 20.4 Å². The van der Waals surface area contributed by atoms with E-state index in [4.69, 9.17) is 9.73 Å². The number of nitrogens with one attached hydrogen (secondary N) is 2. The Hall–Kier alpha value is -1.63. The zero-order valence-electron chi connectivity index (χ0n) is 17.5. The lowest BCUT2D eigenvalue weighted by atomic mass is 10.1. The Bertz CT molecular complexity index is 569. The Labute approximate surface area is 165 Å². The van der Waals surface area contributed by atoms with Crippen molar-refractivity contribution in [3.05, 3.63) is 35.4 Å². The predicted octanol–water partition coefficient (Wildman–Crippen LogP) is 1.91. The van der Waals surface area contributed by atoms with Crippen LogP contribution in [0.1, 0.15) is 31.9 Å². The van der Waals surface area contributed by atoms with E-state index >= 15 is 0 Å². The minimum absolute atomic E-state index is 0.528. The van der Waals surface area contributed by atoms with Crippen molar-refractivity contribution in [2.24, 2.45) is 4.99 Å². The van der Waals surface area contributed by atoms with Gasteiger partial charge in [0, 0.05) is 45.3 Å². The van der Waals surface area contributed by atoms with Crippen LogP contribution in [0, 0.1) is 0 Å². The van der Waals surface area contributed by atoms with Crippen molar-refractivity contribution in [2.45, 2.75) is 39.9 Å². The van der Waals surface area contributed by atoms with Crippen molar-refractivity contribution >= 4 is 5.96 Å². The van der Waals surface area contributed by atoms with Crippen LogP contribution < -0.4 is 10.6 Å². The molecule has 0 aliphatic carbocycles. The average molecular weight is 376 g/mol. The summed E-state index contributed by atoms with van der Waals surface area (Å²) in [7, 11) is 2.17. The molecule has 0 aromatic heterocycles. The normalized spacial score (nSPS) is 16.1. The molecule has 1 aromatic carbocycles. The second kappa shape index (κ2) is 12.0. The smallest absolute Gasteiger partial charge is 0.191 e. The van der Waals surface area contributed by atoms with E-state index in [1.807, 2.05) is 0 Å². The minimum Gasteiger partial charge on any atom is -0.379 e. The molecule has 0 atom stereocenters. The highest BCUT2D eigenvalue weighted by molar-refractivity contribution is 5.79. The van der Waals surface area contributed by atoms with Gasteiger partial charge in [-0.25, -0.2) is 4.99 Å². The second-order valence-electron chi connectivity index (χ2n) is 7.35. The van der Waals surface area contributed by atoms with Gasteiger partial charge < -0.3 is 15.4 Å². The lowest BCUT2D eigenvalue weighted by Gasteiger charge is -2.26. The van der Waals surface area contributed by atoms with Crippen molar-refractivity contribution < 1.29 is 4.74 Å². The Morgan fingerprint density at radius 1 is 1.19 bits per heavy atom. The van der Waals surface area contributed by atoms with Crippen molar-refractivity contribution in [1.29, 1.82) is 0 Å². The summed E-state index contributed by atoms with van der Waals surface area (Å²) < 4.78 is 5.40. The lowest BCUT2D eigenvalue weighted by molar-refractivity contribution is 0.0389. The van der Waals surface area contributed by atoms with Gasteiger partial charge in [0.15, 0.2) is 5.96 Å². The molecule has 1 aliphatic rings. The molecule has 0 unspecified atom stereocenters. The maximum absolute atomic E-state index is 5.40. The molecule has 1 aromatic rings. The molecule has 0 amide bonds. The molecule has 1 heterocycles. The zero-order chi connectivity index (χ0) is 19.5. The van der Waals surface area contributed by atoms with E-state index in [0.717, 1.165) is 58.4 Å². The third-order valence-electron chi connectivity index (χ3n) is 5.00. The molecule has 0 saturated carbocycles. The molecule has 1 aliphatic heterocycles. The van der Waals surface area contributed by atoms with E-state index < -0.39 is 0 Å². The number of guanidine groups is 1. The van der Waals surface area contributed by atoms with Gasteiger partial charge in [-0.15, -0.1) is 0 Å². The van der Waals surface area contributed by atoms with Crippen molar-refractivity contribution in [3.63, 3.8) is 0 Å². The highest BCUT2D eigenvalue weighted by Gasteiger charge is 2.10. The van der Waals surface area contributed by atoms with Gasteiger partial charge in [0.25, 0.3) is 0 Å². The van der Waals surface area contributed by atoms with Gasteiger partial charge in [0.05, 0.1) is 19.8 Å². The van der Waals surface area contributed by atoms with E-state index in [9.17, 15) is 0 Å². The van der Waals surface area contributed by atoms with E-state index in [2.05, 4.69) is 72.5 Å². The van der Waals surface area contributed by atoms with Crippen molar-refractivity contribution in [3.8, 4) is 0 Å². The fraction of sp³-hybridized carbons (Fsp3) is 0.667. The molecule has 6 nitrogen and oxygen atoms in total. The summed E-state index contributed by atoms with van der Waals surface area (Å²) in [5.41, 5.74) is 2.64. The van der Waals surface area contributed by atoms with E-state index in [1.165, 1.54) is 11.1 Å². The molecule has 0 spiro atoms. The first-order valence-corrected chi connectivity index (χ1v) is 10.2. The minimum atomic E-state index is 0.528. The molecule has 152 valence electrons. The van der Waals surface area contributed by atoms with Crippen LogP contribution >= 0.6 is 0 Å². The largest absolute Gasteiger partial charge is 0.379 e. The third kappa shape index (κ3) is 7.87. The van der Waals surface area contributed by atoms with Crippen LogP contribution in [0.5, 0.6) is 0 Å². The van der Waals surface area contributed by atoms with Gasteiger partial charge in [-0.1, -0.05) is 24.3 Å². The summed E-state index contributed by atoms with van der Waals surface area (Å²) in [5, 5.41) is 6.82. The van der Waals surface area contributed by atoms with Crippen LogP contribution in [0.25, 0.3) is 0 Å². The summed E-state index contributed by atoms with van der Waals surface area (Å²) in [6, 6.07) is 9.14. The summed E-state index contributed by atoms with van der Waals surface area (Å²) in [6.07, 6.45) is 0. The molecule has 2 N–H and O–H groups in total. The first kappa shape index (κ1) is 21.7. The van der Waals surface area contributed by atoms with Gasteiger partial charge in [-0.05, 0) is 38.9 Å². The summed E-state index contributed by atoms with van der Waals surface area (Å²) >= 11 is 0. The number of hydrogen-bond acceptors (Lipinski definition) is 4. The SMILES string of the molecule is CCNC(=NCc1ccccc1CN(C)C(C)C)NCCN1CCOCC1. The monoisotopic (exact) mass is 375 g/mol. The number of nitrogens with zero attached hydrogens (tertiary/aromatic N) is 3. The zero-order valence-corrected chi connectivity index (χ0v) is 17.5. The van der Waals surface area contributed by atoms with E-state index in [0.29, 0.717) is 12.6 Å². The average Bonchev–Trinajstić information content (AvgIpc) is 2.68. The highest BCUT2D eigenvalue weighted by Crippen LogP contribution is 2.13. The predicted molar refractivity (Wildman–Crippen MR) is 113 cm³/mol. The van der Waals surface area contributed by atoms with Gasteiger partial charge in [-0.3, -0.25) is 9.80 Å². The molecule has 27 heavy (non-hydrogen) atoms. The standard InChI is InChI=1S/C21H37N5O/c1-5-22-21(23-10-11-26-12-14-27-15-13-26)24-16-19-8-6-7-9-20(19)17-25(4)18(2)3/h6-9,18H,5,10-17H2,1-4H3,(H2,22,23,24). The maximum atomic E-state index is 5.40. The molecule has 1 fully saturated rings. The second-order valence-corrected chi connectivity index (χ2v) is 7.35. The molecular formula is C21H37N5O. The number of ether oxygens (including phenoxy) is 1. The number of morpholine rings is 1. The molecule has 1 saturated heterocycles. The van der Waals surface area contributed by atoms with Crippen molar-refractivity contribution in [2.75, 3.05) is 53.0 Å². The van der Waals surface area contributed by atoms with E-state index in [-0.39, 0.29) is 0 Å². The number of aliphatic imine (C=N–C) groups is 1. The van der Waals surface area contributed by atoms with Crippen LogP contribution in [0.4, 0.5) is 0 Å². The Morgan fingerprint density at radius 3 is 2.56 bits per heavy atom. The van der Waals surface area contributed by atoms with Gasteiger partial charge in [0.2, 0.25) is 0 Å². The van der Waals surface area contributed by atoms with E-state index in [1.54, 1.807) is 0 Å².